The van der Waals surface area contributed by atoms with Crippen LogP contribution < -0.4 is 0 Å². The lowest BCUT2D eigenvalue weighted by atomic mass is 10.7. The second-order valence-electron chi connectivity index (χ2n) is 1.54. The van der Waals surface area contributed by atoms with Gasteiger partial charge in [-0.25, -0.2) is 0 Å². The molecule has 11 heavy (non-hydrogen) atoms. The molecule has 0 amide bonds. The van der Waals surface area contributed by atoms with E-state index in [0.717, 1.165) is 0 Å². The molecule has 0 spiro atoms. The molecular weight excluding hydrogens is 177 g/mol. The van der Waals surface area contributed by atoms with Crippen LogP contribution in [0.25, 0.3) is 0 Å². The van der Waals surface area contributed by atoms with Gasteiger partial charge >= 0.3 is 0 Å². The largest absolute Gasteiger partial charge is 0.343 e. The zero-order valence-corrected chi connectivity index (χ0v) is 6.76. The van der Waals surface area contributed by atoms with Gasteiger partial charge in [-0.2, -0.15) is 0 Å². The highest BCUT2D eigenvalue weighted by molar-refractivity contribution is 7.37. The van der Waals surface area contributed by atoms with E-state index in [-0.39, 0.29) is 6.16 Å². The highest BCUT2D eigenvalue weighted by Crippen LogP contribution is 2.08. The Kier molecular flexibility index (Phi) is 7.44. The van der Waals surface area contributed by atoms with E-state index < -0.39 is 11.1 Å². The van der Waals surface area contributed by atoms with Gasteiger partial charge in [0.2, 0.25) is 0 Å². The van der Waals surface area contributed by atoms with Gasteiger partial charge in [0.15, 0.2) is 0 Å². The van der Waals surface area contributed by atoms with E-state index in [2.05, 4.69) is 0 Å². The lowest BCUT2D eigenvalue weighted by Crippen LogP contribution is -2.29. The molecule has 0 aliphatic heterocycles. The van der Waals surface area contributed by atoms with E-state index in [1.54, 1.807) is 6.66 Å². The first-order valence-electron chi connectivity index (χ1n) is 2.44. The van der Waals surface area contributed by atoms with Crippen molar-refractivity contribution in [3.8, 4) is 0 Å². The third kappa shape index (κ3) is 43.5. The topological polar surface area (TPSA) is 124 Å². The summed E-state index contributed by atoms with van der Waals surface area (Å²) in [5.74, 6) is -2.44. The Balaban J connectivity index is 0. The summed E-state index contributed by atoms with van der Waals surface area (Å²) in [6, 6.07) is 0. The molecule has 8 heteroatoms. The summed E-state index contributed by atoms with van der Waals surface area (Å²) in [5.41, 5.74) is 0. The predicted molar refractivity (Wildman–Crippen MR) is 37.3 cm³/mol. The molecule has 7 nitrogen and oxygen atoms in total. The fourth-order valence-electron chi connectivity index (χ4n) is 0.237. The number of hydrogen-bond donors (Lipinski definition) is 4. The molecule has 1 unspecified atom stereocenters. The first-order chi connectivity index (χ1) is 4.79. The molecule has 0 heterocycles. The lowest BCUT2D eigenvalue weighted by molar-refractivity contribution is -0.742. The van der Waals surface area contributed by atoms with Crippen LogP contribution >= 0.6 is 8.58 Å². The van der Waals surface area contributed by atoms with Gasteiger partial charge in [-0.05, 0) is 6.66 Å². The molecule has 0 saturated carbocycles. The van der Waals surface area contributed by atoms with E-state index in [1.165, 1.54) is 0 Å². The lowest BCUT2D eigenvalue weighted by Gasteiger charge is -2.10. The van der Waals surface area contributed by atoms with Crippen molar-refractivity contribution in [2.24, 2.45) is 0 Å². The second-order valence-corrected chi connectivity index (χ2v) is 2.60. The Morgan fingerprint density at radius 2 is 1.82 bits per heavy atom. The van der Waals surface area contributed by atoms with E-state index in [0.29, 0.717) is 8.58 Å². The minimum atomic E-state index is -2.44. The maximum atomic E-state index is 8.36. The SMILES string of the molecule is CPCC(O)(O)O.O=[N+]([O-])O. The van der Waals surface area contributed by atoms with Crippen molar-refractivity contribution in [1.29, 1.82) is 0 Å². The van der Waals surface area contributed by atoms with Gasteiger partial charge in [0, 0.05) is 6.16 Å². The third-order valence-electron chi connectivity index (χ3n) is 0.414. The smallest absolute Gasteiger partial charge is 0.291 e. The van der Waals surface area contributed by atoms with E-state index in [4.69, 9.17) is 30.6 Å². The first-order valence-corrected chi connectivity index (χ1v) is 4.15. The number of rotatable bonds is 2. The molecule has 68 valence electrons. The van der Waals surface area contributed by atoms with Crippen LogP contribution in [-0.4, -0.2) is 44.4 Å². The fraction of sp³-hybridized carbons (Fsp3) is 1.00. The van der Waals surface area contributed by atoms with Crippen LogP contribution in [0.5, 0.6) is 0 Å². The van der Waals surface area contributed by atoms with Crippen molar-refractivity contribution in [1.82, 2.24) is 0 Å². The third-order valence-corrected chi connectivity index (χ3v) is 1.24. The molecule has 0 radical (unpaired) electrons. The van der Waals surface area contributed by atoms with Gasteiger partial charge in [0.25, 0.3) is 11.1 Å². The quantitative estimate of drug-likeness (QED) is 0.182. The Bertz CT molecular complexity index is 107. The first kappa shape index (κ1) is 13.1. The molecular formula is C3H10NO6P. The highest BCUT2D eigenvalue weighted by Gasteiger charge is 2.14. The van der Waals surface area contributed by atoms with E-state index in [1.807, 2.05) is 0 Å². The van der Waals surface area contributed by atoms with Gasteiger partial charge in [-0.3, -0.25) is 0 Å². The Labute approximate surface area is 64.2 Å². The van der Waals surface area contributed by atoms with Gasteiger partial charge < -0.3 is 20.5 Å². The molecule has 0 aliphatic rings. The van der Waals surface area contributed by atoms with Crippen molar-refractivity contribution in [3.05, 3.63) is 10.1 Å². The van der Waals surface area contributed by atoms with Crippen LogP contribution in [0.15, 0.2) is 0 Å². The van der Waals surface area contributed by atoms with Crippen LogP contribution in [0.2, 0.25) is 0 Å². The molecule has 1 atom stereocenters. The van der Waals surface area contributed by atoms with Crippen LogP contribution in [0.4, 0.5) is 0 Å². The Morgan fingerprint density at radius 1 is 1.55 bits per heavy atom. The van der Waals surface area contributed by atoms with Gasteiger partial charge in [-0.1, -0.05) is 0 Å². The zero-order chi connectivity index (χ0) is 9.49. The predicted octanol–water partition coefficient (Wildman–Crippen LogP) is -1.42. The van der Waals surface area contributed by atoms with Gasteiger partial charge in [0.05, 0.1) is 0 Å². The van der Waals surface area contributed by atoms with Gasteiger partial charge in [-0.15, -0.1) is 18.7 Å². The highest BCUT2D eigenvalue weighted by atomic mass is 31.1. The van der Waals surface area contributed by atoms with Crippen molar-refractivity contribution in [2.75, 3.05) is 12.8 Å². The Hall–Kier alpha value is -0.490. The average Bonchev–Trinajstić information content (AvgIpc) is 1.58. The summed E-state index contributed by atoms with van der Waals surface area (Å²) in [4.78, 5) is 8.36. The molecule has 0 aliphatic carbocycles. The summed E-state index contributed by atoms with van der Waals surface area (Å²) < 4.78 is 0. The number of hydrogen-bond acceptors (Lipinski definition) is 5. The number of nitrogens with zero attached hydrogens (tertiary/aromatic N) is 1. The van der Waals surface area contributed by atoms with Crippen LogP contribution in [0.3, 0.4) is 0 Å². The molecule has 0 aromatic carbocycles. The van der Waals surface area contributed by atoms with Crippen LogP contribution in [0, 0.1) is 10.1 Å². The van der Waals surface area contributed by atoms with Crippen molar-refractivity contribution < 1.29 is 25.6 Å². The van der Waals surface area contributed by atoms with Crippen molar-refractivity contribution >= 4 is 8.58 Å². The molecule has 0 bridgehead atoms. The monoisotopic (exact) mass is 187 g/mol. The summed E-state index contributed by atoms with van der Waals surface area (Å²) in [6.45, 7) is 1.78. The minimum Gasteiger partial charge on any atom is -0.343 e. The van der Waals surface area contributed by atoms with Crippen molar-refractivity contribution in [3.63, 3.8) is 0 Å². The number of aliphatic hydroxyl groups is 3. The molecule has 0 rings (SSSR count). The van der Waals surface area contributed by atoms with Crippen LogP contribution in [-0.2, 0) is 0 Å². The van der Waals surface area contributed by atoms with Crippen molar-refractivity contribution in [2.45, 2.75) is 5.97 Å². The maximum Gasteiger partial charge on any atom is 0.291 e. The molecule has 0 fully saturated rings. The normalized spacial score (nSPS) is 10.9. The minimum absolute atomic E-state index is 0.0347. The average molecular weight is 187 g/mol. The standard InChI is InChI=1S/C3H9O3P.HNO3/c1-7-2-3(4,5)6;2-1(3)4/h4-7H,2H2,1H3;(H,2,3,4). The summed E-state index contributed by atoms with van der Waals surface area (Å²) in [6.07, 6.45) is 0.0347. The van der Waals surface area contributed by atoms with E-state index in [9.17, 15) is 0 Å². The molecule has 0 saturated heterocycles. The molecule has 0 aromatic heterocycles. The maximum absolute atomic E-state index is 8.36. The molecule has 4 N–H and O–H groups in total. The van der Waals surface area contributed by atoms with Crippen LogP contribution in [0.1, 0.15) is 0 Å². The zero-order valence-electron chi connectivity index (χ0n) is 5.76. The fourth-order valence-corrected chi connectivity index (χ4v) is 0.712. The summed E-state index contributed by atoms with van der Waals surface area (Å²) in [7, 11) is 0.359. The summed E-state index contributed by atoms with van der Waals surface area (Å²) >= 11 is 0. The van der Waals surface area contributed by atoms with E-state index >= 15 is 0 Å². The molecule has 0 aromatic rings. The van der Waals surface area contributed by atoms with Gasteiger partial charge in [0.1, 0.15) is 0 Å². The second kappa shape index (κ2) is 6.23. The summed E-state index contributed by atoms with van der Waals surface area (Å²) in [5, 5.41) is 38.0. The Morgan fingerprint density at radius 3 is 1.82 bits per heavy atom.